The molecule has 3 radical (unpaired) electrons. The Balaban J connectivity index is 0.956. The smallest absolute Gasteiger partial charge is 0.408 e. The van der Waals surface area contributed by atoms with Gasteiger partial charge in [0.25, 0.3) is 0 Å². The molecule has 5 aliphatic carbocycles. The maximum Gasteiger partial charge on any atom is 0.408 e. The van der Waals surface area contributed by atoms with E-state index in [1.165, 1.54) is 19.3 Å². The Bertz CT molecular complexity index is 1300. The summed E-state index contributed by atoms with van der Waals surface area (Å²) in [6.07, 6.45) is 9.52. The van der Waals surface area contributed by atoms with Gasteiger partial charge in [0, 0.05) is 17.9 Å². The maximum absolute atomic E-state index is 12.5. The second-order valence-corrected chi connectivity index (χ2v) is 18.7. The molecule has 9 fully saturated rings. The zero-order valence-electron chi connectivity index (χ0n) is 29.7. The molecule has 2 spiro atoms. The van der Waals surface area contributed by atoms with Gasteiger partial charge in [-0.1, -0.05) is 34.6 Å². The first-order valence-corrected chi connectivity index (χ1v) is 18.7. The second kappa shape index (κ2) is 10.1. The van der Waals surface area contributed by atoms with Crippen LogP contribution in [-0.4, -0.2) is 85.2 Å². The van der Waals surface area contributed by atoms with Crippen molar-refractivity contribution in [1.29, 1.82) is 0 Å². The van der Waals surface area contributed by atoms with E-state index in [9.17, 15) is 9.90 Å². The Morgan fingerprint density at radius 1 is 1.04 bits per heavy atom. The quantitative estimate of drug-likeness (QED) is 0.416. The molecule has 4 saturated heterocycles. The Labute approximate surface area is 281 Å². The molecule has 0 aromatic rings. The summed E-state index contributed by atoms with van der Waals surface area (Å²) in [5.41, 5.74) is -0.538. The van der Waals surface area contributed by atoms with Crippen LogP contribution in [0.15, 0.2) is 0 Å². The fraction of sp³-hybridized carbons (Fsp3) is 0.895. The molecule has 4 aliphatic heterocycles. The van der Waals surface area contributed by atoms with E-state index < -0.39 is 17.8 Å². The Hall–Kier alpha value is -0.970. The topological polar surface area (TPSA) is 98.7 Å². The minimum Gasteiger partial charge on any atom is -0.441 e. The molecule has 11 atom stereocenters. The van der Waals surface area contributed by atoms with Crippen molar-refractivity contribution in [2.45, 2.75) is 136 Å². The predicted octanol–water partition coefficient (Wildman–Crippen LogP) is 5.41. The molecule has 0 aromatic heterocycles. The summed E-state index contributed by atoms with van der Waals surface area (Å²) in [6, 6.07) is 0.191. The summed E-state index contributed by atoms with van der Waals surface area (Å²) in [6.45, 7) is 20.2. The van der Waals surface area contributed by atoms with Crippen molar-refractivity contribution in [2.75, 3.05) is 32.9 Å². The highest BCUT2D eigenvalue weighted by Crippen LogP contribution is 2.90. The lowest BCUT2D eigenvalue weighted by molar-refractivity contribution is -0.252. The molecule has 0 bridgehead atoms. The number of hydrogen-bond donors (Lipinski definition) is 2. The first-order chi connectivity index (χ1) is 22.2. The average molecular weight is 654 g/mol. The van der Waals surface area contributed by atoms with Crippen LogP contribution in [0.1, 0.15) is 99.8 Å². The lowest BCUT2D eigenvalue weighted by atomic mass is 9.41. The Morgan fingerprint density at radius 3 is 2.53 bits per heavy atom. The molecule has 0 aromatic carbocycles. The highest BCUT2D eigenvalue weighted by molar-refractivity contribution is 5.71. The van der Waals surface area contributed by atoms with Crippen molar-refractivity contribution in [1.82, 2.24) is 10.2 Å². The molecule has 261 valence electrons. The molecule has 9 nitrogen and oxygen atoms in total. The number of cyclic esters (lactones) is 1. The molecular weight excluding hydrogens is 596 g/mol. The van der Waals surface area contributed by atoms with Crippen molar-refractivity contribution in [3.8, 4) is 0 Å². The zero-order valence-corrected chi connectivity index (χ0v) is 29.7. The number of aliphatic hydroxyl groups is 1. The van der Waals surface area contributed by atoms with Gasteiger partial charge < -0.3 is 34.1 Å². The number of carbonyl (C=O) groups excluding carboxylic acids is 1. The Morgan fingerprint density at radius 2 is 1.83 bits per heavy atom. The molecular formula is C38H57N2O7. The van der Waals surface area contributed by atoms with Crippen molar-refractivity contribution in [3.63, 3.8) is 0 Å². The number of nitrogens with one attached hydrogen (secondary N) is 1. The van der Waals surface area contributed by atoms with Gasteiger partial charge in [0.1, 0.15) is 23.9 Å². The number of ether oxygens (including phenoxy) is 5. The standard InChI is InChI=1S/C38H57N2O7/c1-21-16-23(30-34(4,5)47-32(42)39-30)45-29-28(21)35(6)12-13-38-20-37(38)11-10-26(46-27-17-40(14-15-44-27)22-18-43-19-22)33(2,3)24(37)8-9-25(38)36(35,7)31(29)41/h21-22,24,26-28,30-31,41H,8-20H2,1-7H3,(H,39,42)/t21-,24+,26?,27+,28+,30+,31+,35-,36-,37-,38+/m1/s1. The zero-order chi connectivity index (χ0) is 32.9. The third-order valence-electron chi connectivity index (χ3n) is 16.1. The van der Waals surface area contributed by atoms with E-state index in [2.05, 4.69) is 44.8 Å². The maximum atomic E-state index is 12.5. The van der Waals surface area contributed by atoms with E-state index >= 15 is 0 Å². The van der Waals surface area contributed by atoms with Crippen LogP contribution in [-0.2, 0) is 23.7 Å². The molecule has 2 N–H and O–H groups in total. The number of morpholine rings is 1. The summed E-state index contributed by atoms with van der Waals surface area (Å²) >= 11 is 0. The first-order valence-electron chi connectivity index (χ1n) is 18.7. The van der Waals surface area contributed by atoms with E-state index in [0.717, 1.165) is 77.2 Å². The number of aliphatic hydroxyl groups excluding tert-OH is 1. The number of fused-ring (bicyclic) bond motifs is 4. The highest BCUT2D eigenvalue weighted by Gasteiger charge is 2.85. The molecule has 1 unspecified atom stereocenters. The van der Waals surface area contributed by atoms with E-state index in [1.807, 2.05) is 13.8 Å². The fourth-order valence-corrected chi connectivity index (χ4v) is 13.6. The van der Waals surface area contributed by atoms with E-state index in [1.54, 1.807) is 5.92 Å². The molecule has 9 aliphatic rings. The number of hydrogen-bond acceptors (Lipinski definition) is 8. The first kappa shape index (κ1) is 32.0. The summed E-state index contributed by atoms with van der Waals surface area (Å²) in [7, 11) is 0. The predicted molar refractivity (Wildman–Crippen MR) is 173 cm³/mol. The summed E-state index contributed by atoms with van der Waals surface area (Å²) in [5, 5.41) is 15.5. The van der Waals surface area contributed by atoms with Gasteiger partial charge in [0.15, 0.2) is 6.29 Å². The minimum atomic E-state index is -0.690. The molecule has 1 amide bonds. The average Bonchev–Trinajstić information content (AvgIpc) is 3.50. The fourth-order valence-electron chi connectivity index (χ4n) is 13.6. The molecule has 9 heteroatoms. The normalized spacial score (nSPS) is 52.7. The third kappa shape index (κ3) is 4.02. The van der Waals surface area contributed by atoms with Gasteiger partial charge in [-0.25, -0.2) is 4.79 Å². The number of alkyl carbamates (subject to hydrolysis) is 1. The summed E-state index contributed by atoms with van der Waals surface area (Å²) in [4.78, 5) is 14.7. The van der Waals surface area contributed by atoms with Gasteiger partial charge in [-0.2, -0.15) is 0 Å². The monoisotopic (exact) mass is 653 g/mol. The van der Waals surface area contributed by atoms with E-state index in [0.29, 0.717) is 23.3 Å². The van der Waals surface area contributed by atoms with Gasteiger partial charge >= 0.3 is 6.09 Å². The molecule has 4 heterocycles. The molecule has 5 saturated carbocycles. The van der Waals surface area contributed by atoms with Crippen LogP contribution in [0.4, 0.5) is 4.79 Å². The van der Waals surface area contributed by atoms with Gasteiger partial charge in [-0.3, -0.25) is 4.90 Å². The molecule has 47 heavy (non-hydrogen) atoms. The van der Waals surface area contributed by atoms with Crippen LogP contribution < -0.4 is 5.32 Å². The highest BCUT2D eigenvalue weighted by atomic mass is 16.7. The molecule has 9 rings (SSSR count). The lowest BCUT2D eigenvalue weighted by Crippen LogP contribution is -2.60. The second-order valence-electron chi connectivity index (χ2n) is 18.7. The van der Waals surface area contributed by atoms with Crippen LogP contribution in [0.5, 0.6) is 0 Å². The minimum absolute atomic E-state index is 0.0548. The van der Waals surface area contributed by atoms with Crippen molar-refractivity contribution in [2.24, 2.45) is 44.8 Å². The number of amides is 1. The summed E-state index contributed by atoms with van der Waals surface area (Å²) < 4.78 is 31.0. The Kier molecular flexibility index (Phi) is 6.86. The van der Waals surface area contributed by atoms with Crippen LogP contribution in [0.3, 0.4) is 0 Å². The van der Waals surface area contributed by atoms with Crippen LogP contribution in [0, 0.1) is 63.0 Å². The van der Waals surface area contributed by atoms with E-state index in [-0.39, 0.29) is 46.0 Å². The van der Waals surface area contributed by atoms with E-state index in [4.69, 9.17) is 23.7 Å². The van der Waals surface area contributed by atoms with Gasteiger partial charge in [0.05, 0.1) is 44.6 Å². The van der Waals surface area contributed by atoms with Crippen LogP contribution >= 0.6 is 0 Å². The third-order valence-corrected chi connectivity index (χ3v) is 16.1. The summed E-state index contributed by atoms with van der Waals surface area (Å²) in [5.74, 6) is 2.74. The largest absolute Gasteiger partial charge is 0.441 e. The van der Waals surface area contributed by atoms with Crippen LogP contribution in [0.2, 0.25) is 0 Å². The number of rotatable bonds is 4. The van der Waals surface area contributed by atoms with Gasteiger partial charge in [0.2, 0.25) is 0 Å². The van der Waals surface area contributed by atoms with Gasteiger partial charge in [-0.05, 0) is 105 Å². The SMILES string of the molecule is C[C@@H]1C[C]([C@@H]2NC(=O)OC2(C)C)O[C]2[C@H]1[C@@]1(C)CC[C@@]34C[C@@]35CCC(O[C@H]3CN(C6COC6)CCO3)C(C)(C)[C@@H]5CC[C]4[C@]1(C)[C@H]2O. The van der Waals surface area contributed by atoms with Crippen molar-refractivity contribution < 1.29 is 33.6 Å². The van der Waals surface area contributed by atoms with Crippen molar-refractivity contribution in [3.05, 3.63) is 18.1 Å². The lowest BCUT2D eigenvalue weighted by Gasteiger charge is -2.63. The number of nitrogens with zero attached hydrogens (tertiary/aromatic N) is 1. The van der Waals surface area contributed by atoms with Gasteiger partial charge in [-0.15, -0.1) is 0 Å². The van der Waals surface area contributed by atoms with Crippen molar-refractivity contribution >= 4 is 6.09 Å². The van der Waals surface area contributed by atoms with Crippen LogP contribution in [0.25, 0.3) is 0 Å². The number of carbonyl (C=O) groups is 1.